The van der Waals surface area contributed by atoms with Crippen molar-refractivity contribution in [3.63, 3.8) is 0 Å². The van der Waals surface area contributed by atoms with Gasteiger partial charge in [-0.1, -0.05) is 29.8 Å². The molecular formula is C15H19NOS. The molecule has 0 aliphatic carbocycles. The fraction of sp³-hybridized carbons (Fsp3) is 0.333. The Labute approximate surface area is 112 Å². The third kappa shape index (κ3) is 2.64. The monoisotopic (exact) mass is 261 g/mol. The molecule has 0 aliphatic heterocycles. The molecule has 1 aromatic heterocycles. The van der Waals surface area contributed by atoms with E-state index in [1.165, 1.54) is 5.56 Å². The van der Waals surface area contributed by atoms with Gasteiger partial charge in [0.1, 0.15) is 0 Å². The molecule has 3 N–H and O–H groups in total. The molecule has 2 unspecified atom stereocenters. The van der Waals surface area contributed by atoms with Gasteiger partial charge in [0.05, 0.1) is 6.10 Å². The van der Waals surface area contributed by atoms with Crippen LogP contribution < -0.4 is 5.73 Å². The van der Waals surface area contributed by atoms with Crippen LogP contribution in [0.25, 0.3) is 0 Å². The van der Waals surface area contributed by atoms with Gasteiger partial charge in [0.2, 0.25) is 0 Å². The van der Waals surface area contributed by atoms with Crippen LogP contribution in [-0.4, -0.2) is 11.7 Å². The summed E-state index contributed by atoms with van der Waals surface area (Å²) in [5.74, 6) is -0.0396. The second-order valence-corrected chi connectivity index (χ2v) is 5.62. The predicted molar refractivity (Wildman–Crippen MR) is 77.0 cm³/mol. The average molecular weight is 261 g/mol. The van der Waals surface area contributed by atoms with Gasteiger partial charge in [-0.3, -0.25) is 0 Å². The molecule has 1 heterocycles. The summed E-state index contributed by atoms with van der Waals surface area (Å²) in [6, 6.07) is 10.2. The fourth-order valence-corrected chi connectivity index (χ4v) is 3.19. The van der Waals surface area contributed by atoms with Crippen LogP contribution in [0.1, 0.15) is 33.6 Å². The lowest BCUT2D eigenvalue weighted by Gasteiger charge is -2.22. The topological polar surface area (TPSA) is 46.2 Å². The average Bonchev–Trinajstić information content (AvgIpc) is 2.76. The second-order valence-electron chi connectivity index (χ2n) is 4.67. The van der Waals surface area contributed by atoms with Gasteiger partial charge < -0.3 is 10.8 Å². The number of thiophene rings is 1. The first-order valence-electron chi connectivity index (χ1n) is 6.12. The molecule has 1 aromatic carbocycles. The lowest BCUT2D eigenvalue weighted by Crippen LogP contribution is -2.20. The Hall–Kier alpha value is -1.16. The maximum Gasteiger partial charge on any atom is 0.0964 e. The number of nitrogens with two attached hydrogens (primary N) is 1. The minimum atomic E-state index is -0.517. The van der Waals surface area contributed by atoms with E-state index in [1.807, 2.05) is 30.5 Å². The van der Waals surface area contributed by atoms with E-state index in [-0.39, 0.29) is 5.92 Å². The first kappa shape index (κ1) is 13.3. The Morgan fingerprint density at radius 3 is 2.61 bits per heavy atom. The van der Waals surface area contributed by atoms with Crippen molar-refractivity contribution in [2.75, 3.05) is 6.54 Å². The van der Waals surface area contributed by atoms with Gasteiger partial charge in [0.15, 0.2) is 0 Å². The largest absolute Gasteiger partial charge is 0.387 e. The predicted octanol–water partition coefficient (Wildman–Crippen LogP) is 3.14. The first-order valence-corrected chi connectivity index (χ1v) is 7.00. The molecule has 0 amide bonds. The molecule has 0 radical (unpaired) electrons. The molecule has 96 valence electrons. The Bertz CT molecular complexity index is 521. The molecule has 2 rings (SSSR count). The number of hydrogen-bond donors (Lipinski definition) is 2. The van der Waals surface area contributed by atoms with Crippen LogP contribution in [-0.2, 0) is 0 Å². The fourth-order valence-electron chi connectivity index (χ4n) is 2.22. The van der Waals surface area contributed by atoms with E-state index in [9.17, 15) is 5.11 Å². The molecule has 3 heteroatoms. The minimum absolute atomic E-state index is 0.0396. The minimum Gasteiger partial charge on any atom is -0.387 e. The van der Waals surface area contributed by atoms with Crippen LogP contribution in [0.2, 0.25) is 0 Å². The molecule has 0 fully saturated rings. The van der Waals surface area contributed by atoms with Crippen LogP contribution in [0.5, 0.6) is 0 Å². The van der Waals surface area contributed by atoms with E-state index in [1.54, 1.807) is 11.3 Å². The third-order valence-electron chi connectivity index (χ3n) is 3.28. The normalized spacial score (nSPS) is 14.4. The van der Waals surface area contributed by atoms with Gasteiger partial charge in [-0.2, -0.15) is 0 Å². The molecule has 0 saturated heterocycles. The van der Waals surface area contributed by atoms with E-state index < -0.39 is 6.10 Å². The maximum atomic E-state index is 10.5. The first-order chi connectivity index (χ1) is 8.63. The Kier molecular flexibility index (Phi) is 4.17. The van der Waals surface area contributed by atoms with E-state index in [0.29, 0.717) is 6.54 Å². The summed E-state index contributed by atoms with van der Waals surface area (Å²) >= 11 is 1.59. The highest BCUT2D eigenvalue weighted by Gasteiger charge is 2.23. The maximum absolute atomic E-state index is 10.5. The summed E-state index contributed by atoms with van der Waals surface area (Å²) in [6.07, 6.45) is -0.517. The second kappa shape index (κ2) is 5.65. The number of aliphatic hydroxyl groups excluding tert-OH is 1. The van der Waals surface area contributed by atoms with E-state index in [0.717, 1.165) is 16.0 Å². The zero-order valence-electron chi connectivity index (χ0n) is 10.8. The highest BCUT2D eigenvalue weighted by Crippen LogP contribution is 2.34. The van der Waals surface area contributed by atoms with Crippen molar-refractivity contribution < 1.29 is 5.11 Å². The molecule has 0 saturated carbocycles. The van der Waals surface area contributed by atoms with Crippen molar-refractivity contribution in [2.24, 2.45) is 5.73 Å². The summed E-state index contributed by atoms with van der Waals surface area (Å²) in [5, 5.41) is 12.5. The van der Waals surface area contributed by atoms with Gasteiger partial charge in [0.25, 0.3) is 0 Å². The highest BCUT2D eigenvalue weighted by molar-refractivity contribution is 7.10. The van der Waals surface area contributed by atoms with E-state index in [4.69, 9.17) is 5.73 Å². The number of hydrogen-bond acceptors (Lipinski definition) is 3. The van der Waals surface area contributed by atoms with Crippen molar-refractivity contribution in [1.29, 1.82) is 0 Å². The van der Waals surface area contributed by atoms with Crippen molar-refractivity contribution in [3.05, 3.63) is 57.3 Å². The summed E-state index contributed by atoms with van der Waals surface area (Å²) in [6.45, 7) is 4.53. The molecule has 2 atom stereocenters. The zero-order chi connectivity index (χ0) is 13.1. The number of rotatable bonds is 4. The Morgan fingerprint density at radius 1 is 1.28 bits per heavy atom. The number of benzene rings is 1. The molecule has 0 bridgehead atoms. The third-order valence-corrected chi connectivity index (χ3v) is 4.37. The van der Waals surface area contributed by atoms with Gasteiger partial charge in [0, 0.05) is 17.3 Å². The molecule has 0 spiro atoms. The lowest BCUT2D eigenvalue weighted by atomic mass is 9.91. The summed E-state index contributed by atoms with van der Waals surface area (Å²) in [5.41, 5.74) is 9.30. The van der Waals surface area contributed by atoms with E-state index >= 15 is 0 Å². The van der Waals surface area contributed by atoms with Crippen LogP contribution in [0.3, 0.4) is 0 Å². The Morgan fingerprint density at radius 2 is 2.06 bits per heavy atom. The summed E-state index contributed by atoms with van der Waals surface area (Å²) in [4.78, 5) is 1.02. The number of aliphatic hydroxyl groups is 1. The quantitative estimate of drug-likeness (QED) is 0.888. The van der Waals surface area contributed by atoms with Crippen LogP contribution in [0.15, 0.2) is 35.7 Å². The standard InChI is InChI=1S/C15H19NOS/c1-10-4-3-5-12(8-10)13(9-16)14(17)15-11(2)6-7-18-15/h3-8,13-14,17H,9,16H2,1-2H3. The summed E-state index contributed by atoms with van der Waals surface area (Å²) in [7, 11) is 0. The van der Waals surface area contributed by atoms with Crippen LogP contribution >= 0.6 is 11.3 Å². The number of aryl methyl sites for hydroxylation is 2. The van der Waals surface area contributed by atoms with Gasteiger partial charge >= 0.3 is 0 Å². The van der Waals surface area contributed by atoms with Gasteiger partial charge in [-0.15, -0.1) is 11.3 Å². The smallest absolute Gasteiger partial charge is 0.0964 e. The lowest BCUT2D eigenvalue weighted by molar-refractivity contribution is 0.150. The molecule has 18 heavy (non-hydrogen) atoms. The van der Waals surface area contributed by atoms with Gasteiger partial charge in [-0.25, -0.2) is 0 Å². The Balaban J connectivity index is 2.32. The molecular weight excluding hydrogens is 242 g/mol. The molecule has 0 aliphatic rings. The van der Waals surface area contributed by atoms with Crippen molar-refractivity contribution in [1.82, 2.24) is 0 Å². The van der Waals surface area contributed by atoms with Crippen LogP contribution in [0.4, 0.5) is 0 Å². The van der Waals surface area contributed by atoms with Crippen molar-refractivity contribution in [3.8, 4) is 0 Å². The molecule has 2 aromatic rings. The highest BCUT2D eigenvalue weighted by atomic mass is 32.1. The zero-order valence-corrected chi connectivity index (χ0v) is 11.6. The van der Waals surface area contributed by atoms with E-state index in [2.05, 4.69) is 19.1 Å². The van der Waals surface area contributed by atoms with Crippen molar-refractivity contribution in [2.45, 2.75) is 25.9 Å². The van der Waals surface area contributed by atoms with Crippen LogP contribution in [0, 0.1) is 13.8 Å². The SMILES string of the molecule is Cc1cccc(C(CN)C(O)c2sccc2C)c1. The molecule has 2 nitrogen and oxygen atoms in total. The summed E-state index contributed by atoms with van der Waals surface area (Å²) < 4.78 is 0. The van der Waals surface area contributed by atoms with Gasteiger partial charge in [-0.05, 0) is 36.4 Å². The van der Waals surface area contributed by atoms with Crippen molar-refractivity contribution >= 4 is 11.3 Å².